The lowest BCUT2D eigenvalue weighted by molar-refractivity contribution is 0.0160. The molecule has 0 saturated carbocycles. The Kier molecular flexibility index (Phi) is 6.63. The largest absolute Gasteiger partial charge is 0.445 e. The third kappa shape index (κ3) is 5.31. The van der Waals surface area contributed by atoms with Gasteiger partial charge in [0.2, 0.25) is 0 Å². The highest BCUT2D eigenvalue weighted by atomic mass is 16.5. The predicted molar refractivity (Wildman–Crippen MR) is 101 cm³/mol. The van der Waals surface area contributed by atoms with Gasteiger partial charge in [0.15, 0.2) is 0 Å². The number of amides is 1. The Hall–Kier alpha value is -2.37. The molecule has 5 nitrogen and oxygen atoms in total. The Morgan fingerprint density at radius 2 is 1.81 bits per heavy atom. The van der Waals surface area contributed by atoms with Crippen LogP contribution >= 0.6 is 0 Å². The molecule has 2 aromatic rings. The summed E-state index contributed by atoms with van der Waals surface area (Å²) in [5.41, 5.74) is 3.40. The van der Waals surface area contributed by atoms with Crippen LogP contribution in [0.2, 0.25) is 0 Å². The van der Waals surface area contributed by atoms with Gasteiger partial charge in [-0.1, -0.05) is 60.2 Å². The first-order valence-corrected chi connectivity index (χ1v) is 9.05. The summed E-state index contributed by atoms with van der Waals surface area (Å²) in [7, 11) is 0. The number of rotatable bonds is 6. The van der Waals surface area contributed by atoms with Gasteiger partial charge < -0.3 is 14.8 Å². The number of nitrogens with zero attached hydrogens (tertiary/aromatic N) is 1. The van der Waals surface area contributed by atoms with E-state index >= 15 is 0 Å². The second kappa shape index (κ2) is 9.36. The van der Waals surface area contributed by atoms with E-state index in [4.69, 9.17) is 9.47 Å². The maximum absolute atomic E-state index is 12.1. The third-order valence-corrected chi connectivity index (χ3v) is 4.60. The van der Waals surface area contributed by atoms with E-state index in [0.29, 0.717) is 6.54 Å². The van der Waals surface area contributed by atoms with Gasteiger partial charge in [-0.2, -0.15) is 0 Å². The lowest BCUT2D eigenvalue weighted by atomic mass is 10.0. The SMILES string of the molecule is Cc1ccc(C(CNC(=O)OCc2ccccc2)N2CCOCC2)cc1. The number of nitrogens with one attached hydrogen (secondary N) is 1. The molecule has 0 spiro atoms. The molecule has 1 unspecified atom stereocenters. The normalized spacial score (nSPS) is 16.0. The van der Waals surface area contributed by atoms with Gasteiger partial charge in [0.05, 0.1) is 19.3 Å². The summed E-state index contributed by atoms with van der Waals surface area (Å²) < 4.78 is 10.8. The zero-order chi connectivity index (χ0) is 18.2. The molecule has 1 N–H and O–H groups in total. The Morgan fingerprint density at radius 3 is 2.50 bits per heavy atom. The second-order valence-electron chi connectivity index (χ2n) is 6.52. The predicted octanol–water partition coefficient (Wildman–Crippen LogP) is 3.29. The molecule has 0 radical (unpaired) electrons. The standard InChI is InChI=1S/C21H26N2O3/c1-17-7-9-19(10-8-17)20(23-11-13-25-14-12-23)15-22-21(24)26-16-18-5-3-2-4-6-18/h2-10,20H,11-16H2,1H3,(H,22,24). The maximum atomic E-state index is 12.1. The van der Waals surface area contributed by atoms with Gasteiger partial charge in [-0.05, 0) is 18.1 Å². The fraction of sp³-hybridized carbons (Fsp3) is 0.381. The molecule has 1 heterocycles. The minimum Gasteiger partial charge on any atom is -0.445 e. The summed E-state index contributed by atoms with van der Waals surface area (Å²) >= 11 is 0. The van der Waals surface area contributed by atoms with Crippen molar-refractivity contribution in [3.8, 4) is 0 Å². The van der Waals surface area contributed by atoms with E-state index in [1.807, 2.05) is 30.3 Å². The molecule has 5 heteroatoms. The van der Waals surface area contributed by atoms with E-state index in [9.17, 15) is 4.79 Å². The average Bonchev–Trinajstić information content (AvgIpc) is 2.69. The van der Waals surface area contributed by atoms with Crippen molar-refractivity contribution in [3.05, 3.63) is 71.3 Å². The number of aryl methyl sites for hydroxylation is 1. The molecular weight excluding hydrogens is 328 g/mol. The van der Waals surface area contributed by atoms with Crippen LogP contribution in [0.3, 0.4) is 0 Å². The number of hydrogen-bond acceptors (Lipinski definition) is 4. The van der Waals surface area contributed by atoms with Crippen LogP contribution in [0.1, 0.15) is 22.7 Å². The van der Waals surface area contributed by atoms with Crippen LogP contribution in [0.25, 0.3) is 0 Å². The van der Waals surface area contributed by atoms with E-state index < -0.39 is 0 Å². The van der Waals surface area contributed by atoms with Gasteiger partial charge in [-0.15, -0.1) is 0 Å². The topological polar surface area (TPSA) is 50.8 Å². The van der Waals surface area contributed by atoms with Crippen LogP contribution in [-0.4, -0.2) is 43.8 Å². The van der Waals surface area contributed by atoms with E-state index in [1.54, 1.807) is 0 Å². The van der Waals surface area contributed by atoms with Crippen LogP contribution in [-0.2, 0) is 16.1 Å². The van der Waals surface area contributed by atoms with Crippen LogP contribution in [0.4, 0.5) is 4.79 Å². The molecule has 1 fully saturated rings. The first-order valence-electron chi connectivity index (χ1n) is 9.05. The first kappa shape index (κ1) is 18.4. The molecule has 1 aliphatic heterocycles. The van der Waals surface area contributed by atoms with Crippen molar-refractivity contribution in [1.29, 1.82) is 0 Å². The fourth-order valence-corrected chi connectivity index (χ4v) is 3.09. The van der Waals surface area contributed by atoms with Gasteiger partial charge in [-0.25, -0.2) is 4.79 Å². The minimum absolute atomic E-state index is 0.115. The number of carbonyl (C=O) groups excluding carboxylic acids is 1. The molecule has 1 aliphatic rings. The van der Waals surface area contributed by atoms with Gasteiger partial charge in [0.25, 0.3) is 0 Å². The summed E-state index contributed by atoms with van der Waals surface area (Å²) in [6, 6.07) is 18.3. The van der Waals surface area contributed by atoms with Gasteiger partial charge in [0.1, 0.15) is 6.61 Å². The van der Waals surface area contributed by atoms with Crippen molar-refractivity contribution in [2.45, 2.75) is 19.6 Å². The van der Waals surface area contributed by atoms with Crippen molar-refractivity contribution in [2.24, 2.45) is 0 Å². The van der Waals surface area contributed by atoms with Crippen molar-refractivity contribution >= 4 is 6.09 Å². The van der Waals surface area contributed by atoms with Gasteiger partial charge >= 0.3 is 6.09 Å². The Morgan fingerprint density at radius 1 is 1.12 bits per heavy atom. The van der Waals surface area contributed by atoms with Crippen molar-refractivity contribution in [1.82, 2.24) is 10.2 Å². The number of morpholine rings is 1. The van der Waals surface area contributed by atoms with Crippen LogP contribution < -0.4 is 5.32 Å². The molecule has 1 amide bonds. The third-order valence-electron chi connectivity index (χ3n) is 4.60. The highest BCUT2D eigenvalue weighted by molar-refractivity contribution is 5.67. The van der Waals surface area contributed by atoms with Crippen molar-refractivity contribution in [3.63, 3.8) is 0 Å². The van der Waals surface area contributed by atoms with Gasteiger partial charge in [-0.3, -0.25) is 4.90 Å². The summed E-state index contributed by atoms with van der Waals surface area (Å²) in [5.74, 6) is 0. The van der Waals surface area contributed by atoms with E-state index in [2.05, 4.69) is 41.4 Å². The monoisotopic (exact) mass is 354 g/mol. The quantitative estimate of drug-likeness (QED) is 0.865. The van der Waals surface area contributed by atoms with Crippen LogP contribution in [0, 0.1) is 6.92 Å². The zero-order valence-electron chi connectivity index (χ0n) is 15.2. The Balaban J connectivity index is 1.58. The Bertz CT molecular complexity index is 682. The van der Waals surface area contributed by atoms with Crippen LogP contribution in [0.15, 0.2) is 54.6 Å². The molecule has 0 aliphatic carbocycles. The summed E-state index contributed by atoms with van der Waals surface area (Å²) in [4.78, 5) is 14.5. The van der Waals surface area contributed by atoms with Crippen molar-refractivity contribution in [2.75, 3.05) is 32.8 Å². The molecule has 3 rings (SSSR count). The van der Waals surface area contributed by atoms with E-state index in [0.717, 1.165) is 31.9 Å². The summed E-state index contributed by atoms with van der Waals surface area (Å²) in [6.45, 7) is 6.03. The summed E-state index contributed by atoms with van der Waals surface area (Å²) in [6.07, 6.45) is -0.390. The molecule has 0 aromatic heterocycles. The Labute approximate surface area is 154 Å². The highest BCUT2D eigenvalue weighted by Gasteiger charge is 2.23. The minimum atomic E-state index is -0.390. The van der Waals surface area contributed by atoms with E-state index in [-0.39, 0.29) is 18.7 Å². The van der Waals surface area contributed by atoms with Gasteiger partial charge in [0, 0.05) is 19.6 Å². The van der Waals surface area contributed by atoms with Crippen LogP contribution in [0.5, 0.6) is 0 Å². The molecule has 138 valence electrons. The van der Waals surface area contributed by atoms with E-state index in [1.165, 1.54) is 11.1 Å². The molecular formula is C21H26N2O3. The molecule has 0 bridgehead atoms. The number of ether oxygens (including phenoxy) is 2. The smallest absolute Gasteiger partial charge is 0.407 e. The van der Waals surface area contributed by atoms with Crippen molar-refractivity contribution < 1.29 is 14.3 Å². The highest BCUT2D eigenvalue weighted by Crippen LogP contribution is 2.21. The first-order chi connectivity index (χ1) is 12.7. The number of benzene rings is 2. The molecule has 26 heavy (non-hydrogen) atoms. The lowest BCUT2D eigenvalue weighted by Gasteiger charge is -2.34. The number of alkyl carbamates (subject to hydrolysis) is 1. The molecule has 2 aromatic carbocycles. The second-order valence-corrected chi connectivity index (χ2v) is 6.52. The maximum Gasteiger partial charge on any atom is 0.407 e. The number of hydrogen-bond donors (Lipinski definition) is 1. The zero-order valence-corrected chi connectivity index (χ0v) is 15.2. The lowest BCUT2D eigenvalue weighted by Crippen LogP contribution is -2.43. The number of carbonyl (C=O) groups is 1. The molecule has 1 saturated heterocycles. The summed E-state index contributed by atoms with van der Waals surface area (Å²) in [5, 5.41) is 2.92. The molecule has 1 atom stereocenters. The average molecular weight is 354 g/mol. The fourth-order valence-electron chi connectivity index (χ4n) is 3.09.